The third kappa shape index (κ3) is 9.22. The zero-order valence-corrected chi connectivity index (χ0v) is 30.6. The second kappa shape index (κ2) is 17.7. The molecule has 4 nitrogen and oxygen atoms in total. The maximum absolute atomic E-state index is 12.8. The number of unbranched alkanes of at least 4 members (excludes halogenated alkanes) is 12. The van der Waals surface area contributed by atoms with Gasteiger partial charge in [-0.1, -0.05) is 104 Å². The number of aliphatic hydroxyl groups is 2. The van der Waals surface area contributed by atoms with E-state index in [1.54, 1.807) is 0 Å². The van der Waals surface area contributed by atoms with Gasteiger partial charge in [-0.3, -0.25) is 4.79 Å². The molecule has 0 saturated heterocycles. The Morgan fingerprint density at radius 2 is 1.39 bits per heavy atom. The molecule has 0 bridgehead atoms. The molecule has 0 aromatic carbocycles. The lowest BCUT2D eigenvalue weighted by molar-refractivity contribution is -0.222. The zero-order valence-electron chi connectivity index (χ0n) is 30.6. The number of aliphatic carboxylic acids is 1. The van der Waals surface area contributed by atoms with Gasteiger partial charge in [0.25, 0.3) is 0 Å². The first-order valence-corrected chi connectivity index (χ1v) is 20.3. The first-order valence-electron chi connectivity index (χ1n) is 20.3. The Hall–Kier alpha value is -0.870. The van der Waals surface area contributed by atoms with Crippen molar-refractivity contribution in [1.82, 2.24) is 0 Å². The minimum Gasteiger partial charge on any atom is -0.481 e. The smallest absolute Gasteiger partial charge is 0.303 e. The summed E-state index contributed by atoms with van der Waals surface area (Å²) in [4.78, 5) is 11.4. The summed E-state index contributed by atoms with van der Waals surface area (Å²) in [6.07, 6.45) is 33.4. The topological polar surface area (TPSA) is 77.8 Å². The van der Waals surface area contributed by atoms with Crippen LogP contribution in [0.2, 0.25) is 0 Å². The van der Waals surface area contributed by atoms with E-state index in [4.69, 9.17) is 0 Å². The van der Waals surface area contributed by atoms with Gasteiger partial charge in [0, 0.05) is 6.42 Å². The van der Waals surface area contributed by atoms with Crippen molar-refractivity contribution in [3.63, 3.8) is 0 Å². The summed E-state index contributed by atoms with van der Waals surface area (Å²) in [6, 6.07) is 0. The third-order valence-electron chi connectivity index (χ3n) is 14.5. The van der Waals surface area contributed by atoms with Gasteiger partial charge in [0.1, 0.15) is 0 Å². The normalized spacial score (nSPS) is 38.0. The quantitative estimate of drug-likeness (QED) is 0.0912. The van der Waals surface area contributed by atoms with Gasteiger partial charge in [0.05, 0.1) is 11.7 Å². The molecule has 0 aromatic heterocycles. The van der Waals surface area contributed by atoms with E-state index >= 15 is 0 Å². The molecule has 266 valence electrons. The van der Waals surface area contributed by atoms with Crippen LogP contribution in [0.5, 0.6) is 0 Å². The summed E-state index contributed by atoms with van der Waals surface area (Å²) in [5.74, 6) is 2.16. The largest absolute Gasteiger partial charge is 0.481 e. The molecule has 0 aliphatic heterocycles. The number of aliphatic hydroxyl groups excluding tert-OH is 1. The molecular formula is C42H74O4. The summed E-state index contributed by atoms with van der Waals surface area (Å²) >= 11 is 0. The highest BCUT2D eigenvalue weighted by atomic mass is 16.4. The van der Waals surface area contributed by atoms with Crippen LogP contribution < -0.4 is 0 Å². The number of carboxylic acids is 1. The third-order valence-corrected chi connectivity index (χ3v) is 14.5. The SMILES string of the molecule is CCCCCCCC/C=C\CCCCCCCC[C@]1(O)CC2C[C@@H](O)CC[C@]2(C)[C@H]2CC[C@]3(C)[C@@H]([C@H](C)CCC(=O)O)CC[C@H]3[C@@H]21. The van der Waals surface area contributed by atoms with Crippen molar-refractivity contribution in [2.45, 2.75) is 200 Å². The number of hydrogen-bond acceptors (Lipinski definition) is 3. The molecule has 0 amide bonds. The van der Waals surface area contributed by atoms with Crippen molar-refractivity contribution in [2.24, 2.45) is 46.3 Å². The molecule has 1 unspecified atom stereocenters. The summed E-state index contributed by atoms with van der Waals surface area (Å²) in [5.41, 5.74) is -0.195. The first kappa shape index (κ1) is 37.9. The summed E-state index contributed by atoms with van der Waals surface area (Å²) in [6.45, 7) is 9.62. The molecule has 3 N–H and O–H groups in total. The molecule has 4 aliphatic rings. The van der Waals surface area contributed by atoms with E-state index in [-0.39, 0.29) is 23.4 Å². The standard InChI is InChI=1S/C42H74O4/c1-5-6-7-8-9-10-11-12-13-14-15-16-17-18-19-20-27-42(46)31-33-30-34(43)25-28-40(33,3)37-26-29-41(4)35(22-23-36(41)39(37)42)32(2)21-24-38(44)45/h12-13,32-37,39,43,46H,5-11,14-31H2,1-4H3,(H,44,45)/b13-12-/t32-,33?,34+,35-,36+,37+,39+,40+,41-,42+/m1/s1. The van der Waals surface area contributed by atoms with Crippen molar-refractivity contribution in [2.75, 3.05) is 0 Å². The van der Waals surface area contributed by atoms with Gasteiger partial charge >= 0.3 is 5.97 Å². The van der Waals surface area contributed by atoms with Crippen LogP contribution in [-0.2, 0) is 4.79 Å². The molecule has 0 heterocycles. The zero-order chi connectivity index (χ0) is 33.2. The Morgan fingerprint density at radius 1 is 0.804 bits per heavy atom. The van der Waals surface area contributed by atoms with E-state index in [1.807, 2.05) is 0 Å². The molecule has 4 rings (SSSR count). The van der Waals surface area contributed by atoms with E-state index in [2.05, 4.69) is 39.8 Å². The van der Waals surface area contributed by atoms with Gasteiger partial charge < -0.3 is 15.3 Å². The van der Waals surface area contributed by atoms with Gasteiger partial charge in [0.15, 0.2) is 0 Å². The van der Waals surface area contributed by atoms with Crippen molar-refractivity contribution in [3.05, 3.63) is 12.2 Å². The molecule has 0 aromatic rings. The molecule has 0 spiro atoms. The fourth-order valence-corrected chi connectivity index (χ4v) is 11.9. The Morgan fingerprint density at radius 3 is 2.04 bits per heavy atom. The molecule has 0 radical (unpaired) electrons. The summed E-state index contributed by atoms with van der Waals surface area (Å²) in [5, 5.41) is 32.9. The number of allylic oxidation sites excluding steroid dienone is 2. The summed E-state index contributed by atoms with van der Waals surface area (Å²) in [7, 11) is 0. The predicted molar refractivity (Wildman–Crippen MR) is 192 cm³/mol. The Kier molecular flexibility index (Phi) is 14.6. The molecule has 4 fully saturated rings. The Labute approximate surface area is 284 Å². The second-order valence-electron chi connectivity index (χ2n) is 17.5. The van der Waals surface area contributed by atoms with Crippen LogP contribution in [0.25, 0.3) is 0 Å². The lowest BCUT2D eigenvalue weighted by Crippen LogP contribution is -2.63. The van der Waals surface area contributed by atoms with Crippen LogP contribution >= 0.6 is 0 Å². The molecule has 4 heteroatoms. The van der Waals surface area contributed by atoms with Crippen LogP contribution in [0.3, 0.4) is 0 Å². The van der Waals surface area contributed by atoms with Crippen molar-refractivity contribution >= 4 is 5.97 Å². The predicted octanol–water partition coefficient (Wildman–Crippen LogP) is 11.3. The van der Waals surface area contributed by atoms with Gasteiger partial charge in [0.2, 0.25) is 0 Å². The minimum absolute atomic E-state index is 0.202. The monoisotopic (exact) mass is 643 g/mol. The maximum atomic E-state index is 12.8. The van der Waals surface area contributed by atoms with E-state index in [0.717, 1.165) is 44.9 Å². The average molecular weight is 643 g/mol. The Bertz CT molecular complexity index is 946. The lowest BCUT2D eigenvalue weighted by Gasteiger charge is -2.66. The molecular weight excluding hydrogens is 568 g/mol. The van der Waals surface area contributed by atoms with E-state index in [0.29, 0.717) is 35.5 Å². The van der Waals surface area contributed by atoms with Crippen molar-refractivity contribution in [3.8, 4) is 0 Å². The van der Waals surface area contributed by atoms with Crippen LogP contribution in [-0.4, -0.2) is 33.0 Å². The molecule has 4 saturated carbocycles. The van der Waals surface area contributed by atoms with Gasteiger partial charge in [-0.15, -0.1) is 0 Å². The molecule has 4 aliphatic carbocycles. The highest BCUT2D eigenvalue weighted by Gasteiger charge is 2.66. The summed E-state index contributed by atoms with van der Waals surface area (Å²) < 4.78 is 0. The lowest BCUT2D eigenvalue weighted by atomic mass is 9.40. The highest BCUT2D eigenvalue weighted by molar-refractivity contribution is 5.66. The number of carboxylic acid groups (broad SMARTS) is 1. The number of fused-ring (bicyclic) bond motifs is 5. The maximum Gasteiger partial charge on any atom is 0.303 e. The van der Waals surface area contributed by atoms with Crippen LogP contribution in [0, 0.1) is 46.3 Å². The minimum atomic E-state index is -0.675. The fraction of sp³-hybridized carbons (Fsp3) is 0.929. The molecule has 46 heavy (non-hydrogen) atoms. The number of hydrogen-bond donors (Lipinski definition) is 3. The number of carbonyl (C=O) groups is 1. The number of rotatable bonds is 20. The van der Waals surface area contributed by atoms with Crippen molar-refractivity contribution in [1.29, 1.82) is 0 Å². The van der Waals surface area contributed by atoms with E-state index in [9.17, 15) is 20.1 Å². The second-order valence-corrected chi connectivity index (χ2v) is 17.5. The first-order chi connectivity index (χ1) is 22.0. The average Bonchev–Trinajstić information content (AvgIpc) is 3.37. The van der Waals surface area contributed by atoms with E-state index in [1.165, 1.54) is 109 Å². The molecule has 10 atom stereocenters. The van der Waals surface area contributed by atoms with Crippen LogP contribution in [0.15, 0.2) is 12.2 Å². The van der Waals surface area contributed by atoms with E-state index < -0.39 is 11.6 Å². The van der Waals surface area contributed by atoms with Gasteiger partial charge in [-0.05, 0) is 136 Å². The Balaban J connectivity index is 1.28. The fourth-order valence-electron chi connectivity index (χ4n) is 11.9. The highest BCUT2D eigenvalue weighted by Crippen LogP contribution is 2.70. The van der Waals surface area contributed by atoms with Gasteiger partial charge in [-0.2, -0.15) is 0 Å². The van der Waals surface area contributed by atoms with Crippen molar-refractivity contribution < 1.29 is 20.1 Å². The van der Waals surface area contributed by atoms with Crippen LogP contribution in [0.1, 0.15) is 188 Å². The van der Waals surface area contributed by atoms with Gasteiger partial charge in [-0.25, -0.2) is 0 Å². The van der Waals surface area contributed by atoms with Crippen LogP contribution in [0.4, 0.5) is 0 Å².